The van der Waals surface area contributed by atoms with Crippen LogP contribution in [0.15, 0.2) is 47.6 Å². The largest absolute Gasteiger partial charge is 0.504 e. The van der Waals surface area contributed by atoms with Gasteiger partial charge in [0.05, 0.1) is 6.21 Å². The van der Waals surface area contributed by atoms with Gasteiger partial charge in [-0.25, -0.2) is 4.39 Å². The van der Waals surface area contributed by atoms with E-state index in [4.69, 9.17) is 12.2 Å². The number of hydrazone groups is 1. The molecule has 5 nitrogen and oxygen atoms in total. The van der Waals surface area contributed by atoms with Crippen molar-refractivity contribution in [2.75, 3.05) is 5.32 Å². The minimum Gasteiger partial charge on any atom is -0.504 e. The molecule has 108 valence electrons. The van der Waals surface area contributed by atoms with Gasteiger partial charge in [0, 0.05) is 5.69 Å². The maximum atomic E-state index is 12.7. The van der Waals surface area contributed by atoms with E-state index >= 15 is 0 Å². The fourth-order valence-corrected chi connectivity index (χ4v) is 1.65. The lowest BCUT2D eigenvalue weighted by Gasteiger charge is -2.06. The van der Waals surface area contributed by atoms with E-state index in [1.165, 1.54) is 30.5 Å². The molecule has 7 heteroatoms. The van der Waals surface area contributed by atoms with E-state index in [0.717, 1.165) is 0 Å². The summed E-state index contributed by atoms with van der Waals surface area (Å²) in [5, 5.41) is 25.4. The lowest BCUT2D eigenvalue weighted by molar-refractivity contribution is 0.403. The van der Waals surface area contributed by atoms with E-state index in [1.807, 2.05) is 0 Å². The first kappa shape index (κ1) is 14.7. The van der Waals surface area contributed by atoms with Crippen LogP contribution >= 0.6 is 12.2 Å². The van der Waals surface area contributed by atoms with Crippen LogP contribution < -0.4 is 10.7 Å². The quantitative estimate of drug-likeness (QED) is 0.303. The van der Waals surface area contributed by atoms with Crippen molar-refractivity contribution >= 4 is 29.2 Å². The summed E-state index contributed by atoms with van der Waals surface area (Å²) in [7, 11) is 0. The Morgan fingerprint density at radius 3 is 2.48 bits per heavy atom. The molecule has 0 fully saturated rings. The van der Waals surface area contributed by atoms with Crippen LogP contribution in [0.25, 0.3) is 0 Å². The zero-order valence-electron chi connectivity index (χ0n) is 10.7. The van der Waals surface area contributed by atoms with Gasteiger partial charge in [0.25, 0.3) is 0 Å². The second-order valence-corrected chi connectivity index (χ2v) is 4.49. The van der Waals surface area contributed by atoms with Crippen LogP contribution in [-0.4, -0.2) is 21.5 Å². The summed E-state index contributed by atoms with van der Waals surface area (Å²) in [6, 6.07) is 10.0. The van der Waals surface area contributed by atoms with Crippen LogP contribution in [0.3, 0.4) is 0 Å². The molecule has 0 saturated heterocycles. The molecule has 0 aromatic heterocycles. The van der Waals surface area contributed by atoms with Crippen LogP contribution in [0.4, 0.5) is 10.1 Å². The van der Waals surface area contributed by atoms with Crippen LogP contribution in [-0.2, 0) is 0 Å². The number of aromatic hydroxyl groups is 2. The van der Waals surface area contributed by atoms with Crippen molar-refractivity contribution in [3.8, 4) is 11.5 Å². The number of nitrogens with zero attached hydrogens (tertiary/aromatic N) is 1. The summed E-state index contributed by atoms with van der Waals surface area (Å²) >= 11 is 5.01. The summed E-state index contributed by atoms with van der Waals surface area (Å²) in [4.78, 5) is 0. The van der Waals surface area contributed by atoms with Gasteiger partial charge < -0.3 is 15.5 Å². The molecule has 0 spiro atoms. The Morgan fingerprint density at radius 2 is 1.81 bits per heavy atom. The summed E-state index contributed by atoms with van der Waals surface area (Å²) in [6.07, 6.45) is 1.43. The number of thiocarbonyl (C=S) groups is 1. The van der Waals surface area contributed by atoms with Crippen molar-refractivity contribution in [1.29, 1.82) is 0 Å². The van der Waals surface area contributed by atoms with Gasteiger partial charge in [-0.2, -0.15) is 5.10 Å². The average Bonchev–Trinajstić information content (AvgIpc) is 2.45. The summed E-state index contributed by atoms with van der Waals surface area (Å²) in [5.74, 6) is -0.760. The molecule has 0 saturated carbocycles. The van der Waals surface area contributed by atoms with Gasteiger partial charge in [0.2, 0.25) is 0 Å². The standard InChI is InChI=1S/C14H12FN3O2S/c15-10-2-4-11(5-3-10)17-14(21)18-16-8-9-1-6-12(19)13(20)7-9/h1-8,19-20H,(H2,17,18,21)/b16-8+. The number of hydrogen-bond donors (Lipinski definition) is 4. The normalized spacial score (nSPS) is 10.5. The first-order valence-electron chi connectivity index (χ1n) is 5.92. The third-order valence-corrected chi connectivity index (χ3v) is 2.67. The van der Waals surface area contributed by atoms with E-state index < -0.39 is 0 Å². The Morgan fingerprint density at radius 1 is 1.10 bits per heavy atom. The third-order valence-electron chi connectivity index (χ3n) is 2.48. The summed E-state index contributed by atoms with van der Waals surface area (Å²) in [5.41, 5.74) is 3.80. The molecule has 0 aliphatic heterocycles. The Balaban J connectivity index is 1.89. The number of halogens is 1. The molecule has 4 N–H and O–H groups in total. The number of phenols is 2. The van der Waals surface area contributed by atoms with Gasteiger partial charge in [-0.1, -0.05) is 0 Å². The molecule has 2 aromatic rings. The van der Waals surface area contributed by atoms with Crippen molar-refractivity contribution in [2.24, 2.45) is 5.10 Å². The monoisotopic (exact) mass is 305 g/mol. The highest BCUT2D eigenvalue weighted by atomic mass is 32.1. The molecule has 0 unspecified atom stereocenters. The molecule has 0 aliphatic carbocycles. The molecule has 2 rings (SSSR count). The topological polar surface area (TPSA) is 76.9 Å². The van der Waals surface area contributed by atoms with Gasteiger partial charge in [0.1, 0.15) is 5.82 Å². The lowest BCUT2D eigenvalue weighted by atomic mass is 10.2. The number of anilines is 1. The van der Waals surface area contributed by atoms with Crippen molar-refractivity contribution in [2.45, 2.75) is 0 Å². The first-order chi connectivity index (χ1) is 10.0. The van der Waals surface area contributed by atoms with Gasteiger partial charge in [0.15, 0.2) is 16.6 Å². The van der Waals surface area contributed by atoms with E-state index in [1.54, 1.807) is 18.2 Å². The van der Waals surface area contributed by atoms with Crippen LogP contribution in [0, 0.1) is 5.82 Å². The van der Waals surface area contributed by atoms with Gasteiger partial charge in [-0.3, -0.25) is 5.43 Å². The zero-order chi connectivity index (χ0) is 15.2. The maximum Gasteiger partial charge on any atom is 0.191 e. The molecule has 2 aromatic carbocycles. The highest BCUT2D eigenvalue weighted by Crippen LogP contribution is 2.23. The van der Waals surface area contributed by atoms with Crippen molar-refractivity contribution in [3.05, 3.63) is 53.8 Å². The Bertz CT molecular complexity index is 674. The minimum absolute atomic E-state index is 0.200. The van der Waals surface area contributed by atoms with E-state index in [0.29, 0.717) is 11.3 Å². The maximum absolute atomic E-state index is 12.7. The second-order valence-electron chi connectivity index (χ2n) is 4.08. The van der Waals surface area contributed by atoms with Crippen LogP contribution in [0.5, 0.6) is 11.5 Å². The van der Waals surface area contributed by atoms with Gasteiger partial charge in [-0.05, 0) is 60.2 Å². The van der Waals surface area contributed by atoms with Crippen molar-refractivity contribution in [1.82, 2.24) is 5.43 Å². The van der Waals surface area contributed by atoms with Crippen LogP contribution in [0.2, 0.25) is 0 Å². The predicted octanol–water partition coefficient (Wildman–Crippen LogP) is 2.56. The molecular formula is C14H12FN3O2S. The first-order valence-corrected chi connectivity index (χ1v) is 6.33. The number of benzene rings is 2. The Hall–Kier alpha value is -2.67. The van der Waals surface area contributed by atoms with E-state index in [2.05, 4.69) is 15.8 Å². The molecular weight excluding hydrogens is 293 g/mol. The summed E-state index contributed by atoms with van der Waals surface area (Å²) < 4.78 is 12.7. The highest BCUT2D eigenvalue weighted by molar-refractivity contribution is 7.80. The fourth-order valence-electron chi connectivity index (χ4n) is 1.48. The Labute approximate surface area is 125 Å². The third kappa shape index (κ3) is 4.43. The number of nitrogens with one attached hydrogen (secondary N) is 2. The summed E-state index contributed by atoms with van der Waals surface area (Å²) in [6.45, 7) is 0. The predicted molar refractivity (Wildman–Crippen MR) is 83.1 cm³/mol. The highest BCUT2D eigenvalue weighted by Gasteiger charge is 1.99. The van der Waals surface area contributed by atoms with Crippen molar-refractivity contribution < 1.29 is 14.6 Å². The molecule has 0 bridgehead atoms. The SMILES string of the molecule is Oc1ccc(/C=N/NC(=S)Nc2ccc(F)cc2)cc1O. The molecule has 0 radical (unpaired) electrons. The second kappa shape index (κ2) is 6.67. The molecule has 0 aliphatic rings. The molecule has 0 atom stereocenters. The number of hydrogen-bond acceptors (Lipinski definition) is 4. The van der Waals surface area contributed by atoms with Gasteiger partial charge >= 0.3 is 0 Å². The Kier molecular flexibility index (Phi) is 4.68. The molecule has 0 heterocycles. The zero-order valence-corrected chi connectivity index (χ0v) is 11.6. The smallest absolute Gasteiger partial charge is 0.191 e. The van der Waals surface area contributed by atoms with E-state index in [-0.39, 0.29) is 22.4 Å². The number of phenolic OH excluding ortho intramolecular Hbond substituents is 2. The molecule has 21 heavy (non-hydrogen) atoms. The molecule has 0 amide bonds. The minimum atomic E-state index is -0.329. The lowest BCUT2D eigenvalue weighted by Crippen LogP contribution is -2.23. The van der Waals surface area contributed by atoms with Gasteiger partial charge in [-0.15, -0.1) is 0 Å². The van der Waals surface area contributed by atoms with Crippen molar-refractivity contribution in [3.63, 3.8) is 0 Å². The number of rotatable bonds is 3. The average molecular weight is 305 g/mol. The van der Waals surface area contributed by atoms with E-state index in [9.17, 15) is 14.6 Å². The van der Waals surface area contributed by atoms with Crippen LogP contribution in [0.1, 0.15) is 5.56 Å². The fraction of sp³-hybridized carbons (Fsp3) is 0.